The summed E-state index contributed by atoms with van der Waals surface area (Å²) in [4.78, 5) is 39.3. The average Bonchev–Trinajstić information content (AvgIpc) is 3.31. The molecule has 0 saturated carbocycles. The Morgan fingerprint density at radius 2 is 1.82 bits per heavy atom. The predicted molar refractivity (Wildman–Crippen MR) is 132 cm³/mol. The van der Waals surface area contributed by atoms with Crippen molar-refractivity contribution in [2.75, 3.05) is 12.4 Å². The fourth-order valence-electron chi connectivity index (χ4n) is 3.86. The Hall–Kier alpha value is -3.65. The maximum absolute atomic E-state index is 13.3. The van der Waals surface area contributed by atoms with Crippen molar-refractivity contribution >= 4 is 33.1 Å². The van der Waals surface area contributed by atoms with E-state index < -0.39 is 5.69 Å². The van der Waals surface area contributed by atoms with Gasteiger partial charge in [0.15, 0.2) is 0 Å². The molecule has 4 rings (SSSR count). The van der Waals surface area contributed by atoms with E-state index in [4.69, 9.17) is 4.74 Å². The minimum Gasteiger partial charge on any atom is -0.497 e. The lowest BCUT2D eigenvalue weighted by Crippen LogP contribution is -2.41. The molecule has 0 atom stereocenters. The highest BCUT2D eigenvalue weighted by molar-refractivity contribution is 7.17. The summed E-state index contributed by atoms with van der Waals surface area (Å²) in [5.41, 5.74) is 3.14. The molecule has 1 amide bonds. The van der Waals surface area contributed by atoms with Gasteiger partial charge in [-0.25, -0.2) is 4.79 Å². The molecule has 7 nitrogen and oxygen atoms in total. The van der Waals surface area contributed by atoms with Gasteiger partial charge in [-0.15, -0.1) is 11.3 Å². The van der Waals surface area contributed by atoms with Crippen LogP contribution in [0.3, 0.4) is 0 Å². The number of ether oxygens (including phenoxy) is 1. The SMILES string of the molecule is CCc1cccc(C)c1NC(=O)Cn1c(=O)n(Cc2ccc(OC)cc2)c(=O)c2sccc21. The summed E-state index contributed by atoms with van der Waals surface area (Å²) in [7, 11) is 1.58. The van der Waals surface area contributed by atoms with E-state index in [9.17, 15) is 14.4 Å². The van der Waals surface area contributed by atoms with Crippen molar-refractivity contribution in [1.82, 2.24) is 9.13 Å². The molecule has 0 aliphatic rings. The molecule has 0 bridgehead atoms. The number of aryl methyl sites for hydroxylation is 2. The molecule has 0 radical (unpaired) electrons. The summed E-state index contributed by atoms with van der Waals surface area (Å²) < 4.78 is 8.17. The van der Waals surface area contributed by atoms with Gasteiger partial charge in [0.25, 0.3) is 5.56 Å². The first-order valence-electron chi connectivity index (χ1n) is 10.6. The third kappa shape index (κ3) is 4.47. The van der Waals surface area contributed by atoms with Gasteiger partial charge in [0, 0.05) is 5.69 Å². The van der Waals surface area contributed by atoms with E-state index in [0.29, 0.717) is 16.0 Å². The number of rotatable bonds is 7. The molecule has 2 aromatic carbocycles. The normalized spacial score (nSPS) is 11.0. The summed E-state index contributed by atoms with van der Waals surface area (Å²) in [5, 5.41) is 4.72. The van der Waals surface area contributed by atoms with Gasteiger partial charge < -0.3 is 10.1 Å². The number of thiophene rings is 1. The molecule has 2 aromatic heterocycles. The number of aromatic nitrogens is 2. The van der Waals surface area contributed by atoms with E-state index in [2.05, 4.69) is 5.32 Å². The molecule has 4 aromatic rings. The highest BCUT2D eigenvalue weighted by Crippen LogP contribution is 2.21. The first-order valence-corrected chi connectivity index (χ1v) is 11.5. The third-order valence-electron chi connectivity index (χ3n) is 5.64. The van der Waals surface area contributed by atoms with Crippen molar-refractivity contribution in [3.05, 3.63) is 91.4 Å². The summed E-state index contributed by atoms with van der Waals surface area (Å²) in [6.07, 6.45) is 0.777. The van der Waals surface area contributed by atoms with Crippen molar-refractivity contribution in [1.29, 1.82) is 0 Å². The molecule has 1 N–H and O–H groups in total. The van der Waals surface area contributed by atoms with Crippen LogP contribution in [0.25, 0.3) is 10.2 Å². The summed E-state index contributed by atoms with van der Waals surface area (Å²) in [6, 6.07) is 14.8. The molecular weight excluding hydrogens is 438 g/mol. The zero-order valence-electron chi connectivity index (χ0n) is 18.8. The highest BCUT2D eigenvalue weighted by atomic mass is 32.1. The largest absolute Gasteiger partial charge is 0.497 e. The number of carbonyl (C=O) groups is 1. The molecule has 0 aliphatic heterocycles. The number of fused-ring (bicyclic) bond motifs is 1. The average molecular weight is 464 g/mol. The number of para-hydroxylation sites is 1. The smallest absolute Gasteiger partial charge is 0.332 e. The second-order valence-electron chi connectivity index (χ2n) is 7.75. The van der Waals surface area contributed by atoms with Crippen molar-refractivity contribution in [2.24, 2.45) is 0 Å². The quantitative estimate of drug-likeness (QED) is 0.452. The van der Waals surface area contributed by atoms with Crippen LogP contribution >= 0.6 is 11.3 Å². The molecule has 0 unspecified atom stereocenters. The lowest BCUT2D eigenvalue weighted by molar-refractivity contribution is -0.116. The first kappa shape index (κ1) is 22.5. The van der Waals surface area contributed by atoms with Crippen LogP contribution in [0, 0.1) is 6.92 Å². The number of amides is 1. The van der Waals surface area contributed by atoms with E-state index in [1.54, 1.807) is 30.7 Å². The molecule has 33 heavy (non-hydrogen) atoms. The number of hydrogen-bond donors (Lipinski definition) is 1. The van der Waals surface area contributed by atoms with Crippen molar-refractivity contribution in [3.63, 3.8) is 0 Å². The minimum absolute atomic E-state index is 0.106. The van der Waals surface area contributed by atoms with Crippen LogP contribution in [-0.2, 0) is 24.3 Å². The number of anilines is 1. The maximum atomic E-state index is 13.3. The fourth-order valence-corrected chi connectivity index (χ4v) is 4.71. The lowest BCUT2D eigenvalue weighted by atomic mass is 10.1. The van der Waals surface area contributed by atoms with E-state index in [1.165, 1.54) is 20.5 Å². The summed E-state index contributed by atoms with van der Waals surface area (Å²) >= 11 is 1.26. The van der Waals surface area contributed by atoms with Crippen LogP contribution in [0.4, 0.5) is 5.69 Å². The molecule has 0 fully saturated rings. The van der Waals surface area contributed by atoms with Gasteiger partial charge in [0.1, 0.15) is 17.0 Å². The van der Waals surface area contributed by atoms with Gasteiger partial charge in [-0.3, -0.25) is 18.7 Å². The standard InChI is InChI=1S/C25H25N3O4S/c1-4-18-7-5-6-16(2)22(18)26-21(29)15-27-20-12-13-33-23(20)24(30)28(25(27)31)14-17-8-10-19(32-3)11-9-17/h5-13H,4,14-15H2,1-3H3,(H,26,29). The monoisotopic (exact) mass is 463 g/mol. The number of methoxy groups -OCH3 is 1. The Balaban J connectivity index is 1.70. The third-order valence-corrected chi connectivity index (χ3v) is 6.53. The Morgan fingerprint density at radius 3 is 2.52 bits per heavy atom. The molecule has 0 saturated heterocycles. The Morgan fingerprint density at radius 1 is 1.06 bits per heavy atom. The number of carbonyl (C=O) groups excluding carboxylic acids is 1. The van der Waals surface area contributed by atoms with Crippen LogP contribution < -0.4 is 21.3 Å². The van der Waals surface area contributed by atoms with Crippen molar-refractivity contribution in [3.8, 4) is 5.75 Å². The molecule has 0 aliphatic carbocycles. The van der Waals surface area contributed by atoms with E-state index in [-0.39, 0.29) is 24.6 Å². The second-order valence-corrected chi connectivity index (χ2v) is 8.67. The molecule has 8 heteroatoms. The van der Waals surface area contributed by atoms with Gasteiger partial charge in [-0.1, -0.05) is 37.3 Å². The van der Waals surface area contributed by atoms with Gasteiger partial charge in [-0.05, 0) is 53.6 Å². The van der Waals surface area contributed by atoms with Crippen LogP contribution in [0.5, 0.6) is 5.75 Å². The molecular formula is C25H25N3O4S. The van der Waals surface area contributed by atoms with E-state index >= 15 is 0 Å². The summed E-state index contributed by atoms with van der Waals surface area (Å²) in [6.45, 7) is 3.88. The van der Waals surface area contributed by atoms with E-state index in [1.807, 2.05) is 44.2 Å². The van der Waals surface area contributed by atoms with Crippen molar-refractivity contribution in [2.45, 2.75) is 33.4 Å². The Labute approximate surface area is 194 Å². The van der Waals surface area contributed by atoms with Crippen LogP contribution in [-0.4, -0.2) is 22.2 Å². The first-order chi connectivity index (χ1) is 15.9. The topological polar surface area (TPSA) is 82.3 Å². The minimum atomic E-state index is -0.516. The fraction of sp³-hybridized carbons (Fsp3) is 0.240. The number of nitrogens with one attached hydrogen (secondary N) is 1. The second kappa shape index (κ2) is 9.46. The molecule has 170 valence electrons. The Kier molecular flexibility index (Phi) is 6.46. The van der Waals surface area contributed by atoms with Crippen LogP contribution in [0.1, 0.15) is 23.6 Å². The van der Waals surface area contributed by atoms with Gasteiger partial charge >= 0.3 is 5.69 Å². The van der Waals surface area contributed by atoms with Gasteiger partial charge in [0.05, 0.1) is 19.2 Å². The van der Waals surface area contributed by atoms with Crippen molar-refractivity contribution < 1.29 is 9.53 Å². The molecule has 2 heterocycles. The van der Waals surface area contributed by atoms with E-state index in [0.717, 1.165) is 28.8 Å². The maximum Gasteiger partial charge on any atom is 0.332 e. The Bertz CT molecular complexity index is 1430. The van der Waals surface area contributed by atoms with Gasteiger partial charge in [-0.2, -0.15) is 0 Å². The zero-order chi connectivity index (χ0) is 23.5. The summed E-state index contributed by atoms with van der Waals surface area (Å²) in [5.74, 6) is 0.375. The number of hydrogen-bond acceptors (Lipinski definition) is 5. The zero-order valence-corrected chi connectivity index (χ0v) is 19.6. The predicted octanol–water partition coefficient (Wildman–Crippen LogP) is 3.79. The lowest BCUT2D eigenvalue weighted by Gasteiger charge is -2.15. The molecule has 0 spiro atoms. The number of benzene rings is 2. The highest BCUT2D eigenvalue weighted by Gasteiger charge is 2.18. The van der Waals surface area contributed by atoms with Crippen LogP contribution in [0.2, 0.25) is 0 Å². The number of nitrogens with zero attached hydrogens (tertiary/aromatic N) is 2. The van der Waals surface area contributed by atoms with Gasteiger partial charge in [0.2, 0.25) is 5.91 Å². The van der Waals surface area contributed by atoms with Crippen LogP contribution in [0.15, 0.2) is 63.5 Å².